The number of halogens is 1. The normalized spacial score (nSPS) is 12.4. The van der Waals surface area contributed by atoms with E-state index in [1.165, 1.54) is 0 Å². The molecule has 0 saturated heterocycles. The minimum Gasteiger partial charge on any atom is -0.481 e. The van der Waals surface area contributed by atoms with Crippen LogP contribution < -0.4 is 0 Å². The number of carboxylic acids is 1. The quantitative estimate of drug-likeness (QED) is 0.571. The monoisotopic (exact) mass is 249 g/mol. The average Bonchev–Trinajstić information content (AvgIpc) is 2.44. The summed E-state index contributed by atoms with van der Waals surface area (Å²) in [6.07, 6.45) is -0.483. The van der Waals surface area contributed by atoms with Gasteiger partial charge in [0.05, 0.1) is 30.4 Å². The second kappa shape index (κ2) is 4.90. The summed E-state index contributed by atoms with van der Waals surface area (Å²) in [5.74, 6) is -1.69. The van der Waals surface area contributed by atoms with E-state index in [1.807, 2.05) is 0 Å². The second-order valence-corrected chi connectivity index (χ2v) is 3.44. The van der Waals surface area contributed by atoms with Gasteiger partial charge < -0.3 is 20.3 Å². The van der Waals surface area contributed by atoms with Crippen LogP contribution in [0.4, 0.5) is 5.82 Å². The zero-order valence-corrected chi connectivity index (χ0v) is 8.66. The number of aliphatic carboxylic acids is 1. The molecule has 0 aliphatic carbocycles. The van der Waals surface area contributed by atoms with Gasteiger partial charge in [-0.3, -0.25) is 4.79 Å². The Kier molecular flexibility index (Phi) is 3.80. The number of aromatic nitrogens is 2. The highest BCUT2D eigenvalue weighted by Gasteiger charge is 2.21. The van der Waals surface area contributed by atoms with E-state index < -0.39 is 29.2 Å². The third kappa shape index (κ3) is 3.17. The third-order valence-electron chi connectivity index (χ3n) is 1.68. The lowest BCUT2D eigenvalue weighted by molar-refractivity contribution is -0.389. The minimum atomic E-state index is -1.17. The van der Waals surface area contributed by atoms with Crippen LogP contribution in [-0.2, 0) is 11.3 Å². The van der Waals surface area contributed by atoms with Crippen LogP contribution in [0.3, 0.4) is 0 Å². The van der Waals surface area contributed by atoms with Crippen LogP contribution in [0, 0.1) is 10.1 Å². The molecule has 1 aromatic heterocycles. The molecule has 1 rings (SSSR count). The van der Waals surface area contributed by atoms with Crippen LogP contribution in [0.15, 0.2) is 6.20 Å². The zero-order chi connectivity index (χ0) is 12.3. The fourth-order valence-electron chi connectivity index (χ4n) is 1.09. The Hall–Kier alpha value is -1.67. The van der Waals surface area contributed by atoms with Crippen molar-refractivity contribution in [1.82, 2.24) is 9.78 Å². The van der Waals surface area contributed by atoms with Gasteiger partial charge in [0, 0.05) is 0 Å². The van der Waals surface area contributed by atoms with E-state index in [4.69, 9.17) is 16.7 Å². The maximum absolute atomic E-state index is 10.4. The summed E-state index contributed by atoms with van der Waals surface area (Å²) in [6.45, 7) is -0.167. The van der Waals surface area contributed by atoms with E-state index in [9.17, 15) is 20.0 Å². The summed E-state index contributed by atoms with van der Waals surface area (Å²) in [6, 6.07) is 0. The van der Waals surface area contributed by atoms with Crippen molar-refractivity contribution in [3.8, 4) is 0 Å². The molecule has 88 valence electrons. The average molecular weight is 250 g/mol. The molecule has 0 aromatic carbocycles. The van der Waals surface area contributed by atoms with Gasteiger partial charge in [-0.05, 0) is 4.92 Å². The van der Waals surface area contributed by atoms with Crippen molar-refractivity contribution < 1.29 is 19.9 Å². The molecule has 1 aromatic rings. The number of nitro groups is 1. The summed E-state index contributed by atoms with van der Waals surface area (Å²) in [7, 11) is 0. The summed E-state index contributed by atoms with van der Waals surface area (Å²) in [5, 5.41) is 31.4. The van der Waals surface area contributed by atoms with E-state index in [1.54, 1.807) is 0 Å². The van der Waals surface area contributed by atoms with Crippen LogP contribution in [0.2, 0.25) is 5.02 Å². The highest BCUT2D eigenvalue weighted by molar-refractivity contribution is 6.32. The predicted octanol–water partition coefficient (Wildman–Crippen LogP) is 0.280. The number of aliphatic hydroxyl groups excluding tert-OH is 1. The summed E-state index contributed by atoms with van der Waals surface area (Å²) < 4.78 is 1.04. The first-order valence-corrected chi connectivity index (χ1v) is 4.55. The van der Waals surface area contributed by atoms with E-state index in [0.717, 1.165) is 10.9 Å². The van der Waals surface area contributed by atoms with Crippen molar-refractivity contribution >= 4 is 23.4 Å². The Morgan fingerprint density at radius 1 is 1.75 bits per heavy atom. The smallest absolute Gasteiger partial charge is 0.408 e. The Bertz CT molecular complexity index is 418. The molecule has 0 aliphatic heterocycles. The maximum atomic E-state index is 10.4. The van der Waals surface area contributed by atoms with Gasteiger partial charge in [-0.2, -0.15) is 4.68 Å². The first-order valence-electron chi connectivity index (χ1n) is 4.17. The summed E-state index contributed by atoms with van der Waals surface area (Å²) in [5.41, 5.74) is 0. The number of rotatable bonds is 5. The SMILES string of the molecule is O=C(O)CC(O)Cn1cc(Cl)c([N+](=O)[O-])n1. The van der Waals surface area contributed by atoms with Gasteiger partial charge in [0.1, 0.15) is 0 Å². The van der Waals surface area contributed by atoms with Gasteiger partial charge in [-0.15, -0.1) is 0 Å². The zero-order valence-electron chi connectivity index (χ0n) is 7.91. The van der Waals surface area contributed by atoms with Crippen LogP contribution in [0.5, 0.6) is 0 Å². The highest BCUT2D eigenvalue weighted by Crippen LogP contribution is 2.21. The number of hydrogen-bond acceptors (Lipinski definition) is 5. The molecule has 1 heterocycles. The molecule has 1 atom stereocenters. The molecule has 0 aliphatic rings. The van der Waals surface area contributed by atoms with E-state index >= 15 is 0 Å². The number of aliphatic hydroxyl groups is 1. The van der Waals surface area contributed by atoms with Gasteiger partial charge >= 0.3 is 11.8 Å². The Balaban J connectivity index is 2.71. The van der Waals surface area contributed by atoms with Crippen molar-refractivity contribution in [2.75, 3.05) is 0 Å². The predicted molar refractivity (Wildman–Crippen MR) is 52.2 cm³/mol. The van der Waals surface area contributed by atoms with Crippen LogP contribution in [0.25, 0.3) is 0 Å². The number of hydrogen-bond donors (Lipinski definition) is 2. The molecular formula is C7H8ClN3O5. The fraction of sp³-hybridized carbons (Fsp3) is 0.429. The number of nitrogens with zero attached hydrogens (tertiary/aromatic N) is 3. The van der Waals surface area contributed by atoms with Gasteiger partial charge in [0.25, 0.3) is 0 Å². The van der Waals surface area contributed by atoms with E-state index in [0.29, 0.717) is 0 Å². The molecular weight excluding hydrogens is 242 g/mol. The molecule has 0 bridgehead atoms. The molecule has 9 heteroatoms. The lowest BCUT2D eigenvalue weighted by Gasteiger charge is -2.04. The van der Waals surface area contributed by atoms with Gasteiger partial charge in [0.15, 0.2) is 5.02 Å². The summed E-state index contributed by atoms with van der Waals surface area (Å²) >= 11 is 5.51. The van der Waals surface area contributed by atoms with Gasteiger partial charge in [-0.1, -0.05) is 11.6 Å². The maximum Gasteiger partial charge on any atom is 0.408 e. The number of carbonyl (C=O) groups is 1. The summed E-state index contributed by atoms with van der Waals surface area (Å²) in [4.78, 5) is 19.9. The molecule has 8 nitrogen and oxygen atoms in total. The molecule has 0 amide bonds. The molecule has 2 N–H and O–H groups in total. The van der Waals surface area contributed by atoms with Crippen molar-refractivity contribution in [2.24, 2.45) is 0 Å². The minimum absolute atomic E-state index is 0.160. The molecule has 0 spiro atoms. The first kappa shape index (κ1) is 12.4. The third-order valence-corrected chi connectivity index (χ3v) is 1.95. The number of carboxylic acid groups (broad SMARTS) is 1. The fourth-order valence-corrected chi connectivity index (χ4v) is 1.31. The van der Waals surface area contributed by atoms with Crippen molar-refractivity contribution in [2.45, 2.75) is 19.1 Å². The standard InChI is InChI=1S/C7H8ClN3O5/c8-5-3-10(9-7(5)11(15)16)2-4(12)1-6(13)14/h3-4,12H,1-2H2,(H,13,14). The molecule has 1 unspecified atom stereocenters. The Morgan fingerprint density at radius 2 is 2.38 bits per heavy atom. The van der Waals surface area contributed by atoms with Crippen LogP contribution in [0.1, 0.15) is 6.42 Å². The largest absolute Gasteiger partial charge is 0.481 e. The van der Waals surface area contributed by atoms with E-state index in [2.05, 4.69) is 5.10 Å². The molecule has 0 saturated carbocycles. The topological polar surface area (TPSA) is 118 Å². The first-order chi connectivity index (χ1) is 7.40. The Labute approximate surface area is 94.2 Å². The molecule has 0 fully saturated rings. The van der Waals surface area contributed by atoms with E-state index in [-0.39, 0.29) is 11.6 Å². The Morgan fingerprint density at radius 3 is 2.81 bits per heavy atom. The van der Waals surface area contributed by atoms with Gasteiger partial charge in [0.2, 0.25) is 0 Å². The second-order valence-electron chi connectivity index (χ2n) is 3.03. The van der Waals surface area contributed by atoms with Crippen molar-refractivity contribution in [1.29, 1.82) is 0 Å². The van der Waals surface area contributed by atoms with Crippen molar-refractivity contribution in [3.63, 3.8) is 0 Å². The molecule has 0 radical (unpaired) electrons. The molecule has 16 heavy (non-hydrogen) atoms. The lowest BCUT2D eigenvalue weighted by Crippen LogP contribution is -2.20. The highest BCUT2D eigenvalue weighted by atomic mass is 35.5. The van der Waals surface area contributed by atoms with Gasteiger partial charge in [-0.25, -0.2) is 0 Å². The lowest BCUT2D eigenvalue weighted by atomic mass is 10.2. The van der Waals surface area contributed by atoms with Crippen LogP contribution >= 0.6 is 11.6 Å². The van der Waals surface area contributed by atoms with Crippen LogP contribution in [-0.4, -0.2) is 37.0 Å². The van der Waals surface area contributed by atoms with Crippen molar-refractivity contribution in [3.05, 3.63) is 21.3 Å².